The summed E-state index contributed by atoms with van der Waals surface area (Å²) < 4.78 is 22.5. The molecule has 28 heteroatoms. The number of fused-ring (bicyclic) bond motifs is 4. The quantitative estimate of drug-likeness (QED) is 0.0150. The fraction of sp³-hybridized carbons (Fsp3) is 0.232. The van der Waals surface area contributed by atoms with E-state index in [0.29, 0.717) is 103 Å². The number of rotatable bonds is 26. The first kappa shape index (κ1) is 90.7. The van der Waals surface area contributed by atoms with Crippen LogP contribution in [0.25, 0.3) is 43.4 Å². The Hall–Kier alpha value is -15.5. The van der Waals surface area contributed by atoms with Gasteiger partial charge in [-0.25, -0.2) is 14.4 Å². The molecule has 14 aromatic rings. The van der Waals surface area contributed by atoms with Gasteiger partial charge in [-0.2, -0.15) is 20.5 Å². The molecule has 0 aliphatic carbocycles. The number of methoxy groups -OCH3 is 1. The lowest BCUT2D eigenvalue weighted by atomic mass is 10.0. The highest BCUT2D eigenvalue weighted by Crippen LogP contribution is 2.40. The van der Waals surface area contributed by atoms with Gasteiger partial charge in [0, 0.05) is 103 Å². The van der Waals surface area contributed by atoms with Gasteiger partial charge in [0.05, 0.1) is 63.9 Å². The number of para-hydroxylation sites is 4. The number of aryl methyl sites for hydroxylation is 3. The molecule has 652 valence electrons. The van der Waals surface area contributed by atoms with Gasteiger partial charge in [-0.3, -0.25) is 34.0 Å². The lowest BCUT2D eigenvalue weighted by Gasteiger charge is -2.24. The first-order valence-electron chi connectivity index (χ1n) is 42.0. The Kier molecular flexibility index (Phi) is 31.1. The molecule has 0 atom stereocenters. The first-order valence-corrected chi connectivity index (χ1v) is 42.0. The molecule has 0 unspecified atom stereocenters. The maximum Gasteiger partial charge on any atom is 0.419 e. The number of amides is 6. The van der Waals surface area contributed by atoms with Crippen LogP contribution in [0.15, 0.2) is 248 Å². The van der Waals surface area contributed by atoms with E-state index in [2.05, 4.69) is 53.6 Å². The molecule has 28 nitrogen and oxygen atoms in total. The Morgan fingerprint density at radius 3 is 1.67 bits per heavy atom. The number of aromatic nitrogens is 6. The predicted molar refractivity (Wildman–Crippen MR) is 495 cm³/mol. The number of H-pyrrole nitrogens is 2. The number of carbonyl (C=O) groups excluding carboxylic acids is 7. The van der Waals surface area contributed by atoms with Gasteiger partial charge in [0.15, 0.2) is 5.69 Å². The standard InChI is InChI=1S/C48H55N5O6.C24H23N5O4.C14H15NO2.C13H9N3O2/c1-3-4-5-6-7-8-9-10-11-15-32-52(48(57)59-40-27-21-36(22-28-40)34-58-45-31-33-53(51-45)39-17-13-12-14-18-39)44-20-16-19-42-41(44)29-30-43(46(42)55)47(56)50-38-25-23-37(24-26-38)49-35(2)54;1-14-15(2)27-29(26-14)24(32)28(3)20-10-7-8-17-16(20)12-13-18(22(17)30)23(31)25-19-9-5-6-11-21(19)33-4;1-9-7-8-11-12(14(9)17)5-4-6-13(11)15(3)10(2)16;17-13(18-10-4-2-1-3-5-10)9-6-7-11-12(8-9)15-16-14-11/h12-14,16-30,55H,3-11,15,31-34H2,1-2H3,(H,49,54)(H,50,56);5-13,30H,1-4H3,(H,25,31);4-8,17H,1-3H3;1-8H,(H,14,15,16)/p+1. The van der Waals surface area contributed by atoms with Crippen LogP contribution in [0.5, 0.6) is 34.5 Å². The summed E-state index contributed by atoms with van der Waals surface area (Å²) in [5.74, 6) is 0.386. The van der Waals surface area contributed by atoms with Crippen LogP contribution in [-0.4, -0.2) is 123 Å². The molecule has 0 bridgehead atoms. The minimum Gasteiger partial charge on any atom is -0.507 e. The maximum atomic E-state index is 14.0. The molecular weight excluding hydrogens is 1610 g/mol. The number of esters is 1. The number of aromatic hydroxyl groups is 3. The maximum absolute atomic E-state index is 14.0. The minimum atomic E-state index is -0.539. The Morgan fingerprint density at radius 2 is 1.06 bits per heavy atom. The molecule has 8 N–H and O–H groups in total. The summed E-state index contributed by atoms with van der Waals surface area (Å²) in [6.45, 7) is 12.2. The molecule has 127 heavy (non-hydrogen) atoms. The smallest absolute Gasteiger partial charge is 0.419 e. The highest BCUT2D eigenvalue weighted by molar-refractivity contribution is 6.15. The average Bonchev–Trinajstić information content (AvgIpc) is 1.41. The van der Waals surface area contributed by atoms with Crippen LogP contribution in [0.1, 0.15) is 145 Å². The zero-order chi connectivity index (χ0) is 90.0. The number of hydrogen-bond donors (Lipinski definition) is 7. The van der Waals surface area contributed by atoms with Crippen molar-refractivity contribution in [2.45, 2.75) is 119 Å². The fourth-order valence-corrected chi connectivity index (χ4v) is 14.2. The number of hydrazone groups is 1. The van der Waals surface area contributed by atoms with Gasteiger partial charge in [0.25, 0.3) is 11.8 Å². The first-order chi connectivity index (χ1) is 61.4. The topological polar surface area (TPSA) is 352 Å². The van der Waals surface area contributed by atoms with Crippen LogP contribution in [0, 0.1) is 20.8 Å². The van der Waals surface area contributed by atoms with Gasteiger partial charge in [0.1, 0.15) is 52.1 Å². The van der Waals surface area contributed by atoms with Crippen molar-refractivity contribution in [2.24, 2.45) is 5.10 Å². The molecule has 3 heterocycles. The molecule has 12 aromatic carbocycles. The molecule has 0 radical (unpaired) electrons. The lowest BCUT2D eigenvalue weighted by molar-refractivity contribution is -0.485. The van der Waals surface area contributed by atoms with Gasteiger partial charge in [-0.15, -0.1) is 5.10 Å². The zero-order valence-electron chi connectivity index (χ0n) is 72.4. The molecule has 6 amide bonds. The second-order valence-electron chi connectivity index (χ2n) is 30.4. The second kappa shape index (κ2) is 43.5. The number of nitrogens with one attached hydrogen (secondary N) is 5. The van der Waals surface area contributed by atoms with E-state index in [1.807, 2.05) is 123 Å². The third-order valence-electron chi connectivity index (χ3n) is 21.4. The SMILES string of the molecule is CC(=O)N(C)c1cccc2c(O)c(C)ccc12.CCCCCCCCCCCCN(C(=O)Oc1ccc(COC2=NN(c3ccccc3)CC2)cc1)c1cccc2c(O)c(C(=O)Nc3ccc(NC(C)=O)cc3)ccc12.COc1ccccc1NC(=O)c1ccc2c(N(C)C(=O)n3nc(C)c(C)[nH+]3)cccc2c1O.O=C(Oc1ccccc1)c1ccc2n[nH]nc2c1. The number of aromatic amines is 2. The van der Waals surface area contributed by atoms with Gasteiger partial charge in [-0.05, 0) is 146 Å². The van der Waals surface area contributed by atoms with Crippen LogP contribution in [0.3, 0.4) is 0 Å². The Morgan fingerprint density at radius 1 is 0.520 bits per heavy atom. The summed E-state index contributed by atoms with van der Waals surface area (Å²) in [6, 6.07) is 71.0. The zero-order valence-corrected chi connectivity index (χ0v) is 72.4. The highest BCUT2D eigenvalue weighted by Gasteiger charge is 2.28. The summed E-state index contributed by atoms with van der Waals surface area (Å²) in [7, 11) is 4.87. The van der Waals surface area contributed by atoms with E-state index in [0.717, 1.165) is 83.3 Å². The summed E-state index contributed by atoms with van der Waals surface area (Å²) in [5, 5.41) is 68.4. The molecular formula is C99H103N14O14+. The predicted octanol–water partition coefficient (Wildman–Crippen LogP) is 20.0. The molecule has 2 aromatic heterocycles. The minimum absolute atomic E-state index is 0.0300. The number of benzene rings is 12. The summed E-state index contributed by atoms with van der Waals surface area (Å²) in [6.07, 6.45) is 11.8. The van der Waals surface area contributed by atoms with Gasteiger partial charge in [-0.1, -0.05) is 186 Å². The van der Waals surface area contributed by atoms with Crippen LogP contribution in [0.4, 0.5) is 49.4 Å². The Balaban J connectivity index is 0.000000177. The molecule has 15 rings (SSSR count). The van der Waals surface area contributed by atoms with Crippen molar-refractivity contribution < 1.29 is 72.9 Å². The van der Waals surface area contributed by atoms with Crippen molar-refractivity contribution >= 4 is 131 Å². The van der Waals surface area contributed by atoms with E-state index in [9.17, 15) is 48.9 Å². The normalized spacial score (nSPS) is 11.4. The van der Waals surface area contributed by atoms with E-state index in [1.54, 1.807) is 163 Å². The fourth-order valence-electron chi connectivity index (χ4n) is 14.2. The molecule has 0 saturated heterocycles. The Labute approximate surface area is 735 Å². The van der Waals surface area contributed by atoms with Crippen molar-refractivity contribution in [3.05, 3.63) is 282 Å². The van der Waals surface area contributed by atoms with Crippen LogP contribution in [0.2, 0.25) is 0 Å². The highest BCUT2D eigenvalue weighted by atomic mass is 16.6. The van der Waals surface area contributed by atoms with Gasteiger partial charge in [0.2, 0.25) is 23.4 Å². The largest absolute Gasteiger partial charge is 0.507 e. The second-order valence-corrected chi connectivity index (χ2v) is 30.4. The van der Waals surface area contributed by atoms with Crippen molar-refractivity contribution in [3.63, 3.8) is 0 Å². The van der Waals surface area contributed by atoms with E-state index in [1.165, 1.54) is 75.2 Å². The van der Waals surface area contributed by atoms with Crippen molar-refractivity contribution in [3.8, 4) is 34.5 Å². The number of hydrogen-bond acceptors (Lipinski definition) is 19. The van der Waals surface area contributed by atoms with Crippen molar-refractivity contribution in [1.29, 1.82) is 0 Å². The number of carbonyl (C=O) groups is 7. The number of ether oxygens (including phenoxy) is 4. The number of phenolic OH excluding ortho intramolecular Hbond substituents is 3. The van der Waals surface area contributed by atoms with Crippen LogP contribution in [-0.2, 0) is 20.9 Å². The van der Waals surface area contributed by atoms with Gasteiger partial charge < -0.3 is 55.1 Å². The number of phenols is 3. The molecule has 0 saturated carbocycles. The van der Waals surface area contributed by atoms with E-state index >= 15 is 0 Å². The number of nitrogens with zero attached hydrogens (tertiary/aromatic N) is 9. The summed E-state index contributed by atoms with van der Waals surface area (Å²) in [4.78, 5) is 93.7. The summed E-state index contributed by atoms with van der Waals surface area (Å²) in [5.41, 5.74) is 9.81. The molecule has 1 aliphatic rings. The molecule has 1 aliphatic heterocycles. The van der Waals surface area contributed by atoms with E-state index in [4.69, 9.17) is 18.9 Å². The van der Waals surface area contributed by atoms with E-state index < -0.39 is 29.9 Å². The van der Waals surface area contributed by atoms with Crippen LogP contribution >= 0.6 is 0 Å². The molecule has 0 spiro atoms. The van der Waals surface area contributed by atoms with Crippen molar-refractivity contribution in [2.75, 3.05) is 70.0 Å². The summed E-state index contributed by atoms with van der Waals surface area (Å²) >= 11 is 0. The Bertz CT molecular complexity index is 6240. The third kappa shape index (κ3) is 23.5. The number of anilines is 7. The van der Waals surface area contributed by atoms with Crippen LogP contribution < -0.4 is 55.0 Å². The average molecular weight is 1710 g/mol. The monoisotopic (exact) mass is 1710 g/mol. The molecule has 0 fully saturated rings. The number of unbranched alkanes of at least 4 members (excludes halogenated alkanes) is 9. The van der Waals surface area contributed by atoms with Crippen molar-refractivity contribution in [1.82, 2.24) is 25.3 Å². The van der Waals surface area contributed by atoms with Gasteiger partial charge >= 0.3 is 18.1 Å². The third-order valence-corrected chi connectivity index (χ3v) is 21.4. The van der Waals surface area contributed by atoms with E-state index in [-0.39, 0.29) is 40.2 Å². The lowest BCUT2D eigenvalue weighted by Crippen LogP contribution is -2.39.